The molecule has 0 saturated heterocycles. The Morgan fingerprint density at radius 3 is 2.52 bits per heavy atom. The maximum Gasteiger partial charge on any atom is 0.305 e. The minimum absolute atomic E-state index is 0.101. The fourth-order valence-electron chi connectivity index (χ4n) is 1.86. The van der Waals surface area contributed by atoms with Crippen LogP contribution in [0.1, 0.15) is 37.0 Å². The van der Waals surface area contributed by atoms with E-state index < -0.39 is 12.0 Å². The Balaban J connectivity index is 2.84. The third kappa shape index (κ3) is 4.98. The largest absolute Gasteiger partial charge is 0.493 e. The molecule has 0 fully saturated rings. The zero-order valence-corrected chi connectivity index (χ0v) is 12.5. The van der Waals surface area contributed by atoms with Crippen LogP contribution in [0, 0.1) is 0 Å². The number of methoxy groups -OCH3 is 1. The second-order valence-corrected chi connectivity index (χ2v) is 4.48. The van der Waals surface area contributed by atoms with E-state index in [2.05, 4.69) is 5.32 Å². The highest BCUT2D eigenvalue weighted by Gasteiger charge is 2.16. The van der Waals surface area contributed by atoms with Crippen molar-refractivity contribution in [3.05, 3.63) is 23.8 Å². The van der Waals surface area contributed by atoms with E-state index in [0.29, 0.717) is 30.1 Å². The Morgan fingerprint density at radius 2 is 2.00 bits per heavy atom. The second-order valence-electron chi connectivity index (χ2n) is 4.48. The van der Waals surface area contributed by atoms with Crippen molar-refractivity contribution in [3.63, 3.8) is 0 Å². The maximum atomic E-state index is 12.1. The number of hydrogen-bond donors (Lipinski definition) is 2. The lowest BCUT2D eigenvalue weighted by molar-refractivity contribution is -0.137. The third-order valence-corrected chi connectivity index (χ3v) is 2.97. The Labute approximate surface area is 124 Å². The molecule has 0 spiro atoms. The van der Waals surface area contributed by atoms with Crippen molar-refractivity contribution in [2.24, 2.45) is 0 Å². The molecule has 6 nitrogen and oxygen atoms in total. The number of carbonyl (C=O) groups excluding carboxylic acids is 1. The number of hydrogen-bond acceptors (Lipinski definition) is 4. The van der Waals surface area contributed by atoms with Gasteiger partial charge < -0.3 is 19.9 Å². The average molecular weight is 295 g/mol. The van der Waals surface area contributed by atoms with Crippen LogP contribution in [0.5, 0.6) is 11.5 Å². The van der Waals surface area contributed by atoms with Gasteiger partial charge >= 0.3 is 5.97 Å². The molecule has 1 amide bonds. The van der Waals surface area contributed by atoms with Gasteiger partial charge in [0.1, 0.15) is 0 Å². The minimum Gasteiger partial charge on any atom is -0.493 e. The second kappa shape index (κ2) is 8.14. The number of ether oxygens (including phenoxy) is 2. The zero-order valence-electron chi connectivity index (χ0n) is 12.5. The molecule has 0 bridgehead atoms. The molecule has 1 rings (SSSR count). The van der Waals surface area contributed by atoms with E-state index in [1.165, 1.54) is 7.11 Å². The highest BCUT2D eigenvalue weighted by molar-refractivity contribution is 5.95. The summed E-state index contributed by atoms with van der Waals surface area (Å²) in [6, 6.07) is 4.46. The van der Waals surface area contributed by atoms with Crippen LogP contribution in [0.4, 0.5) is 0 Å². The molecule has 1 atom stereocenters. The van der Waals surface area contributed by atoms with Gasteiger partial charge in [-0.2, -0.15) is 0 Å². The van der Waals surface area contributed by atoms with E-state index in [9.17, 15) is 9.59 Å². The quantitative estimate of drug-likeness (QED) is 0.767. The van der Waals surface area contributed by atoms with Gasteiger partial charge in [0.05, 0.1) is 20.1 Å². The van der Waals surface area contributed by atoms with E-state index in [0.717, 1.165) is 0 Å². The fraction of sp³-hybridized carbons (Fsp3) is 0.467. The van der Waals surface area contributed by atoms with Gasteiger partial charge in [-0.05, 0) is 31.5 Å². The van der Waals surface area contributed by atoms with Crippen molar-refractivity contribution in [1.82, 2.24) is 5.32 Å². The van der Waals surface area contributed by atoms with Crippen LogP contribution >= 0.6 is 0 Å². The van der Waals surface area contributed by atoms with Crippen LogP contribution in [-0.4, -0.2) is 36.7 Å². The molecule has 1 unspecified atom stereocenters. The molecule has 0 radical (unpaired) electrons. The lowest BCUT2D eigenvalue weighted by atomic mass is 10.1. The molecule has 0 aliphatic heterocycles. The van der Waals surface area contributed by atoms with Crippen LogP contribution in [0.3, 0.4) is 0 Å². The first-order chi connectivity index (χ1) is 10.0. The summed E-state index contributed by atoms with van der Waals surface area (Å²) in [6.07, 6.45) is 0.447. The van der Waals surface area contributed by atoms with Crippen molar-refractivity contribution in [2.45, 2.75) is 32.7 Å². The smallest absolute Gasteiger partial charge is 0.305 e. The molecule has 116 valence electrons. The van der Waals surface area contributed by atoms with E-state index >= 15 is 0 Å². The van der Waals surface area contributed by atoms with Gasteiger partial charge in [0.2, 0.25) is 0 Å². The van der Waals surface area contributed by atoms with Crippen molar-refractivity contribution in [1.29, 1.82) is 0 Å². The lowest BCUT2D eigenvalue weighted by Gasteiger charge is -2.16. The number of benzene rings is 1. The van der Waals surface area contributed by atoms with Gasteiger partial charge in [-0.3, -0.25) is 9.59 Å². The number of carbonyl (C=O) groups is 2. The number of rotatable bonds is 8. The summed E-state index contributed by atoms with van der Waals surface area (Å²) < 4.78 is 10.6. The SMILES string of the molecule is CCOc1ccc(C(=O)NC(CC)CC(=O)O)cc1OC. The summed E-state index contributed by atoms with van der Waals surface area (Å²) in [5.41, 5.74) is 0.402. The highest BCUT2D eigenvalue weighted by Crippen LogP contribution is 2.28. The summed E-state index contributed by atoms with van der Waals surface area (Å²) in [6.45, 7) is 4.18. The van der Waals surface area contributed by atoms with Crippen molar-refractivity contribution in [2.75, 3.05) is 13.7 Å². The zero-order chi connectivity index (χ0) is 15.8. The van der Waals surface area contributed by atoms with Crippen LogP contribution < -0.4 is 14.8 Å². The average Bonchev–Trinajstić information content (AvgIpc) is 2.46. The predicted molar refractivity (Wildman–Crippen MR) is 78.0 cm³/mol. The molecule has 1 aromatic rings. The topological polar surface area (TPSA) is 84.9 Å². The van der Waals surface area contributed by atoms with Gasteiger partial charge in [0, 0.05) is 11.6 Å². The number of nitrogens with one attached hydrogen (secondary N) is 1. The number of carboxylic acids is 1. The normalized spacial score (nSPS) is 11.6. The van der Waals surface area contributed by atoms with Crippen LogP contribution in [0.25, 0.3) is 0 Å². The third-order valence-electron chi connectivity index (χ3n) is 2.97. The number of aliphatic carboxylic acids is 1. The highest BCUT2D eigenvalue weighted by atomic mass is 16.5. The fourth-order valence-corrected chi connectivity index (χ4v) is 1.86. The molecular formula is C15H21NO5. The van der Waals surface area contributed by atoms with Gasteiger partial charge in [-0.1, -0.05) is 6.92 Å². The molecular weight excluding hydrogens is 274 g/mol. The Bertz CT molecular complexity index is 501. The Morgan fingerprint density at radius 1 is 1.29 bits per heavy atom. The van der Waals surface area contributed by atoms with Crippen LogP contribution in [0.15, 0.2) is 18.2 Å². The van der Waals surface area contributed by atoms with Gasteiger partial charge in [-0.25, -0.2) is 0 Å². The first kappa shape index (κ1) is 16.8. The van der Waals surface area contributed by atoms with E-state index in [1.807, 2.05) is 13.8 Å². The summed E-state index contributed by atoms with van der Waals surface area (Å²) in [4.78, 5) is 22.8. The van der Waals surface area contributed by atoms with Crippen molar-refractivity contribution >= 4 is 11.9 Å². The molecule has 21 heavy (non-hydrogen) atoms. The molecule has 0 aliphatic rings. The molecule has 6 heteroatoms. The van der Waals surface area contributed by atoms with Gasteiger partial charge in [-0.15, -0.1) is 0 Å². The summed E-state index contributed by atoms with van der Waals surface area (Å²) >= 11 is 0. The summed E-state index contributed by atoms with van der Waals surface area (Å²) in [7, 11) is 1.50. The summed E-state index contributed by atoms with van der Waals surface area (Å²) in [5.74, 6) is -0.235. The first-order valence-electron chi connectivity index (χ1n) is 6.85. The molecule has 1 aromatic carbocycles. The van der Waals surface area contributed by atoms with Crippen molar-refractivity contribution < 1.29 is 24.2 Å². The van der Waals surface area contributed by atoms with E-state index in [-0.39, 0.29) is 12.3 Å². The van der Waals surface area contributed by atoms with Gasteiger partial charge in [0.15, 0.2) is 11.5 Å². The molecule has 2 N–H and O–H groups in total. The standard InChI is InChI=1S/C15H21NO5/c1-4-11(9-14(17)18)16-15(19)10-6-7-12(21-5-2)13(8-10)20-3/h6-8,11H,4-5,9H2,1-3H3,(H,16,19)(H,17,18). The first-order valence-corrected chi connectivity index (χ1v) is 6.85. The molecule has 0 aliphatic carbocycles. The Kier molecular flexibility index (Phi) is 6.52. The Hall–Kier alpha value is -2.24. The van der Waals surface area contributed by atoms with Gasteiger partial charge in [0.25, 0.3) is 5.91 Å². The number of carboxylic acid groups (broad SMARTS) is 1. The molecule has 0 heterocycles. The van der Waals surface area contributed by atoms with Crippen LogP contribution in [0.2, 0.25) is 0 Å². The molecule has 0 aromatic heterocycles. The molecule has 0 saturated carbocycles. The van der Waals surface area contributed by atoms with E-state index in [1.54, 1.807) is 18.2 Å². The maximum absolute atomic E-state index is 12.1. The number of amides is 1. The predicted octanol–water partition coefficient (Wildman–Crippen LogP) is 2.08. The monoisotopic (exact) mass is 295 g/mol. The van der Waals surface area contributed by atoms with Crippen molar-refractivity contribution in [3.8, 4) is 11.5 Å². The summed E-state index contributed by atoms with van der Waals surface area (Å²) in [5, 5.41) is 11.5. The van der Waals surface area contributed by atoms with Crippen LogP contribution in [-0.2, 0) is 4.79 Å². The minimum atomic E-state index is -0.938. The van der Waals surface area contributed by atoms with E-state index in [4.69, 9.17) is 14.6 Å². The lowest BCUT2D eigenvalue weighted by Crippen LogP contribution is -2.36.